The molecule has 0 aliphatic heterocycles. The number of hydrogen-bond donors (Lipinski definition) is 1. The number of benzene rings is 1. The molecule has 0 atom stereocenters. The zero-order valence-corrected chi connectivity index (χ0v) is 17.0. The van der Waals surface area contributed by atoms with Crippen LogP contribution in [0.3, 0.4) is 0 Å². The second kappa shape index (κ2) is 7.93. The van der Waals surface area contributed by atoms with Gasteiger partial charge in [-0.05, 0) is 44.4 Å². The molecule has 0 spiro atoms. The van der Waals surface area contributed by atoms with Crippen molar-refractivity contribution in [2.45, 2.75) is 34.2 Å². The summed E-state index contributed by atoms with van der Waals surface area (Å²) in [5.41, 5.74) is 2.81. The summed E-state index contributed by atoms with van der Waals surface area (Å²) in [4.78, 5) is 42.5. The van der Waals surface area contributed by atoms with Crippen molar-refractivity contribution < 1.29 is 14.3 Å². The van der Waals surface area contributed by atoms with E-state index < -0.39 is 5.97 Å². The summed E-state index contributed by atoms with van der Waals surface area (Å²) < 4.78 is 6.28. The van der Waals surface area contributed by atoms with Gasteiger partial charge in [-0.3, -0.25) is 14.2 Å². The predicted octanol–water partition coefficient (Wildman–Crippen LogP) is 3.20. The van der Waals surface area contributed by atoms with Gasteiger partial charge in [0, 0.05) is 5.69 Å². The van der Waals surface area contributed by atoms with Gasteiger partial charge in [0.05, 0.1) is 18.3 Å². The van der Waals surface area contributed by atoms with E-state index in [4.69, 9.17) is 4.74 Å². The van der Waals surface area contributed by atoms with Crippen molar-refractivity contribution in [3.63, 3.8) is 0 Å². The lowest BCUT2D eigenvalue weighted by Gasteiger charge is -2.12. The Morgan fingerprint density at radius 1 is 1.21 bits per heavy atom. The third-order valence-electron chi connectivity index (χ3n) is 4.44. The van der Waals surface area contributed by atoms with Crippen LogP contribution in [0.15, 0.2) is 29.3 Å². The molecule has 2 heterocycles. The molecule has 28 heavy (non-hydrogen) atoms. The normalized spacial score (nSPS) is 10.9. The number of anilines is 1. The largest absolute Gasteiger partial charge is 0.462 e. The highest BCUT2D eigenvalue weighted by molar-refractivity contribution is 7.20. The van der Waals surface area contributed by atoms with Gasteiger partial charge >= 0.3 is 5.97 Å². The minimum atomic E-state index is -0.471. The number of amides is 1. The van der Waals surface area contributed by atoms with Gasteiger partial charge in [0.15, 0.2) is 0 Å². The van der Waals surface area contributed by atoms with Gasteiger partial charge in [0.25, 0.3) is 5.56 Å². The fourth-order valence-electron chi connectivity index (χ4n) is 3.01. The number of nitrogens with zero attached hydrogens (tertiary/aromatic N) is 2. The van der Waals surface area contributed by atoms with E-state index >= 15 is 0 Å². The van der Waals surface area contributed by atoms with E-state index in [1.807, 2.05) is 32.0 Å². The zero-order chi connectivity index (χ0) is 20.4. The second-order valence-corrected chi connectivity index (χ2v) is 7.45. The number of aryl methyl sites for hydroxylation is 3. The zero-order valence-electron chi connectivity index (χ0n) is 16.2. The molecular formula is C20H21N3O4S. The number of esters is 1. The smallest absolute Gasteiger partial charge is 0.348 e. The lowest BCUT2D eigenvalue weighted by Crippen LogP contribution is -2.28. The summed E-state index contributed by atoms with van der Waals surface area (Å²) in [5, 5.41) is 3.20. The van der Waals surface area contributed by atoms with E-state index in [0.717, 1.165) is 28.2 Å². The first-order chi connectivity index (χ1) is 13.3. The van der Waals surface area contributed by atoms with Gasteiger partial charge in [-0.15, -0.1) is 11.3 Å². The van der Waals surface area contributed by atoms with Crippen LogP contribution in [0.5, 0.6) is 0 Å². The third-order valence-corrected chi connectivity index (χ3v) is 5.62. The van der Waals surface area contributed by atoms with Crippen molar-refractivity contribution in [2.75, 3.05) is 11.9 Å². The molecule has 2 aromatic heterocycles. The number of ether oxygens (including phenoxy) is 1. The highest BCUT2D eigenvalue weighted by Gasteiger charge is 2.21. The number of carbonyl (C=O) groups excluding carboxylic acids is 2. The SMILES string of the molecule is CCOC(=O)c1sc2ncn(CC(=O)Nc3c(C)cccc3C)c(=O)c2c1C. The Morgan fingerprint density at radius 3 is 2.54 bits per heavy atom. The quantitative estimate of drug-likeness (QED) is 0.666. The molecule has 0 unspecified atom stereocenters. The van der Waals surface area contributed by atoms with Gasteiger partial charge in [-0.1, -0.05) is 18.2 Å². The molecule has 0 fully saturated rings. The summed E-state index contributed by atoms with van der Waals surface area (Å²) in [7, 11) is 0. The Balaban J connectivity index is 1.91. The van der Waals surface area contributed by atoms with Crippen LogP contribution < -0.4 is 10.9 Å². The van der Waals surface area contributed by atoms with Crippen molar-refractivity contribution in [3.8, 4) is 0 Å². The van der Waals surface area contributed by atoms with E-state index in [1.165, 1.54) is 10.9 Å². The van der Waals surface area contributed by atoms with E-state index in [0.29, 0.717) is 20.7 Å². The lowest BCUT2D eigenvalue weighted by molar-refractivity contribution is -0.116. The molecular weight excluding hydrogens is 378 g/mol. The Hall–Kier alpha value is -3.00. The first-order valence-electron chi connectivity index (χ1n) is 8.85. The van der Waals surface area contributed by atoms with Crippen molar-refractivity contribution >= 4 is 39.1 Å². The Bertz CT molecular complexity index is 1110. The summed E-state index contributed by atoms with van der Waals surface area (Å²) in [6.45, 7) is 7.32. The van der Waals surface area contributed by atoms with Gasteiger partial charge < -0.3 is 10.1 Å². The fraction of sp³-hybridized carbons (Fsp3) is 0.300. The summed E-state index contributed by atoms with van der Waals surface area (Å²) in [5.74, 6) is -0.791. The van der Waals surface area contributed by atoms with Crippen LogP contribution in [0.4, 0.5) is 5.69 Å². The first kappa shape index (κ1) is 19.8. The Labute approximate surface area is 166 Å². The molecule has 8 heteroatoms. The lowest BCUT2D eigenvalue weighted by atomic mass is 10.1. The van der Waals surface area contributed by atoms with E-state index in [-0.39, 0.29) is 24.6 Å². The minimum absolute atomic E-state index is 0.167. The topological polar surface area (TPSA) is 90.3 Å². The minimum Gasteiger partial charge on any atom is -0.462 e. The number of rotatable bonds is 5. The fourth-order valence-corrected chi connectivity index (χ4v) is 4.04. The van der Waals surface area contributed by atoms with Crippen molar-refractivity contribution in [1.82, 2.24) is 9.55 Å². The first-order valence-corrected chi connectivity index (χ1v) is 9.66. The van der Waals surface area contributed by atoms with Crippen molar-refractivity contribution in [3.05, 3.63) is 56.4 Å². The van der Waals surface area contributed by atoms with Crippen LogP contribution in [0.25, 0.3) is 10.2 Å². The van der Waals surface area contributed by atoms with Crippen LogP contribution in [-0.4, -0.2) is 28.0 Å². The predicted molar refractivity (Wildman–Crippen MR) is 109 cm³/mol. The summed E-state index contributed by atoms with van der Waals surface area (Å²) in [6, 6.07) is 5.74. The molecule has 0 saturated heterocycles. The summed E-state index contributed by atoms with van der Waals surface area (Å²) >= 11 is 1.12. The maximum atomic E-state index is 12.9. The molecule has 0 aliphatic rings. The van der Waals surface area contributed by atoms with Gasteiger partial charge in [-0.25, -0.2) is 9.78 Å². The molecule has 3 rings (SSSR count). The number of nitrogens with one attached hydrogen (secondary N) is 1. The summed E-state index contributed by atoms with van der Waals surface area (Å²) in [6.07, 6.45) is 1.33. The van der Waals surface area contributed by atoms with Gasteiger partial charge in [-0.2, -0.15) is 0 Å². The molecule has 1 amide bonds. The maximum absolute atomic E-state index is 12.9. The van der Waals surface area contributed by atoms with Crippen LogP contribution in [0.2, 0.25) is 0 Å². The molecule has 0 bridgehead atoms. The average Bonchev–Trinajstić information content (AvgIpc) is 2.98. The number of para-hydroxylation sites is 1. The molecule has 146 valence electrons. The van der Waals surface area contributed by atoms with Crippen LogP contribution in [-0.2, 0) is 16.1 Å². The molecule has 3 aromatic rings. The second-order valence-electron chi connectivity index (χ2n) is 6.45. The third kappa shape index (κ3) is 3.68. The number of hydrogen-bond acceptors (Lipinski definition) is 6. The monoisotopic (exact) mass is 399 g/mol. The number of fused-ring (bicyclic) bond motifs is 1. The molecule has 7 nitrogen and oxygen atoms in total. The standard InChI is InChI=1S/C20H21N3O4S/c1-5-27-20(26)17-13(4)15-18(28-17)21-10-23(19(15)25)9-14(24)22-16-11(2)7-6-8-12(16)3/h6-8,10H,5,9H2,1-4H3,(H,22,24). The number of carbonyl (C=O) groups is 2. The molecule has 1 aromatic carbocycles. The number of thiophene rings is 1. The van der Waals surface area contributed by atoms with E-state index in [9.17, 15) is 14.4 Å². The Morgan fingerprint density at radius 2 is 1.89 bits per heavy atom. The van der Waals surface area contributed by atoms with Crippen molar-refractivity contribution in [2.24, 2.45) is 0 Å². The Kier molecular flexibility index (Phi) is 5.60. The highest BCUT2D eigenvalue weighted by Crippen LogP contribution is 2.27. The van der Waals surface area contributed by atoms with Crippen LogP contribution in [0, 0.1) is 20.8 Å². The average molecular weight is 399 g/mol. The van der Waals surface area contributed by atoms with Crippen molar-refractivity contribution in [1.29, 1.82) is 0 Å². The van der Waals surface area contributed by atoms with Gasteiger partial charge in [0.1, 0.15) is 16.3 Å². The number of aromatic nitrogens is 2. The highest BCUT2D eigenvalue weighted by atomic mass is 32.1. The molecule has 0 radical (unpaired) electrons. The molecule has 1 N–H and O–H groups in total. The van der Waals surface area contributed by atoms with E-state index in [1.54, 1.807) is 13.8 Å². The van der Waals surface area contributed by atoms with Gasteiger partial charge in [0.2, 0.25) is 5.91 Å². The maximum Gasteiger partial charge on any atom is 0.348 e. The van der Waals surface area contributed by atoms with E-state index in [2.05, 4.69) is 10.3 Å². The van der Waals surface area contributed by atoms with Crippen LogP contribution in [0.1, 0.15) is 33.3 Å². The van der Waals surface area contributed by atoms with Crippen LogP contribution >= 0.6 is 11.3 Å². The molecule has 0 aliphatic carbocycles. The molecule has 0 saturated carbocycles.